The summed E-state index contributed by atoms with van der Waals surface area (Å²) >= 11 is 0. The number of aromatic nitrogens is 4. The van der Waals surface area contributed by atoms with Crippen LogP contribution in [0.2, 0.25) is 0 Å². The zero-order valence-corrected chi connectivity index (χ0v) is 11.5. The highest BCUT2D eigenvalue weighted by Crippen LogP contribution is 2.21. The quantitative estimate of drug-likeness (QED) is 0.626. The lowest BCUT2D eigenvalue weighted by molar-refractivity contribution is 0.171. The number of fused-ring (bicyclic) bond motifs is 1. The maximum atomic E-state index is 9.28. The molecule has 2 aromatic heterocycles. The molecule has 7 heteroatoms. The predicted octanol–water partition coefficient (Wildman–Crippen LogP) is 1.22. The average molecular weight is 264 g/mol. The van der Waals surface area contributed by atoms with E-state index >= 15 is 0 Å². The van der Waals surface area contributed by atoms with Crippen molar-refractivity contribution in [3.8, 4) is 0 Å². The van der Waals surface area contributed by atoms with Crippen LogP contribution in [0.1, 0.15) is 20.8 Å². The third-order valence-electron chi connectivity index (χ3n) is 2.78. The molecular weight excluding hydrogens is 244 g/mol. The van der Waals surface area contributed by atoms with Crippen LogP contribution in [-0.4, -0.2) is 44.7 Å². The van der Waals surface area contributed by atoms with Gasteiger partial charge in [0.1, 0.15) is 5.52 Å². The first-order valence-corrected chi connectivity index (χ1v) is 6.35. The fourth-order valence-corrected chi connectivity index (χ4v) is 1.58. The third-order valence-corrected chi connectivity index (χ3v) is 2.78. The molecule has 0 aliphatic heterocycles. The van der Waals surface area contributed by atoms with E-state index in [9.17, 15) is 5.11 Å². The number of aliphatic hydroxyl groups excluding tert-OH is 1. The molecule has 0 fully saturated rings. The van der Waals surface area contributed by atoms with Crippen molar-refractivity contribution in [3.05, 3.63) is 6.33 Å². The Morgan fingerprint density at radius 1 is 1.32 bits per heavy atom. The molecule has 0 radical (unpaired) electrons. The van der Waals surface area contributed by atoms with E-state index in [1.807, 2.05) is 20.8 Å². The normalized spacial score (nSPS) is 11.8. The first kappa shape index (κ1) is 13.5. The van der Waals surface area contributed by atoms with Gasteiger partial charge in [-0.1, -0.05) is 13.8 Å². The highest BCUT2D eigenvalue weighted by atomic mass is 16.3. The Labute approximate surface area is 111 Å². The van der Waals surface area contributed by atoms with Crippen LogP contribution >= 0.6 is 0 Å². The van der Waals surface area contributed by atoms with Gasteiger partial charge in [0.15, 0.2) is 11.5 Å². The number of aromatic amines is 1. The van der Waals surface area contributed by atoms with Crippen molar-refractivity contribution in [1.82, 2.24) is 19.9 Å². The lowest BCUT2D eigenvalue weighted by Crippen LogP contribution is -2.27. The van der Waals surface area contributed by atoms with Crippen LogP contribution in [-0.2, 0) is 0 Å². The Kier molecular flexibility index (Phi) is 3.84. The predicted molar refractivity (Wildman–Crippen MR) is 75.2 cm³/mol. The van der Waals surface area contributed by atoms with Crippen molar-refractivity contribution in [2.24, 2.45) is 5.41 Å². The molecule has 0 amide bonds. The molecule has 19 heavy (non-hydrogen) atoms. The maximum Gasteiger partial charge on any atom is 0.226 e. The summed E-state index contributed by atoms with van der Waals surface area (Å²) < 4.78 is 0. The van der Waals surface area contributed by atoms with Gasteiger partial charge in [0.2, 0.25) is 5.95 Å². The van der Waals surface area contributed by atoms with Crippen molar-refractivity contribution in [2.45, 2.75) is 20.8 Å². The van der Waals surface area contributed by atoms with Crippen LogP contribution in [0.5, 0.6) is 0 Å². The standard InChI is InChI=1S/C12H20N6O/c1-4-13-11-17-9(14-5-12(2,3)6-19)8-10(18-11)16-7-15-8/h7,19H,4-6H2,1-3H3,(H3,13,14,15,16,17,18). The number of hydrogen-bond acceptors (Lipinski definition) is 6. The minimum Gasteiger partial charge on any atom is -0.396 e. The number of H-pyrrole nitrogens is 1. The van der Waals surface area contributed by atoms with E-state index in [1.54, 1.807) is 6.33 Å². The van der Waals surface area contributed by atoms with Gasteiger partial charge < -0.3 is 20.7 Å². The first-order chi connectivity index (χ1) is 9.05. The zero-order chi connectivity index (χ0) is 13.9. The molecule has 0 saturated carbocycles. The Hall–Kier alpha value is -1.89. The van der Waals surface area contributed by atoms with Crippen molar-refractivity contribution in [3.63, 3.8) is 0 Å². The molecule has 0 aliphatic rings. The summed E-state index contributed by atoms with van der Waals surface area (Å²) in [5.74, 6) is 1.24. The second kappa shape index (κ2) is 5.40. The number of nitrogens with zero attached hydrogens (tertiary/aromatic N) is 3. The Bertz CT molecular complexity index is 550. The third kappa shape index (κ3) is 3.11. The Morgan fingerprint density at radius 3 is 2.79 bits per heavy atom. The van der Waals surface area contributed by atoms with Gasteiger partial charge in [-0.25, -0.2) is 4.98 Å². The minimum atomic E-state index is -0.213. The summed E-state index contributed by atoms with van der Waals surface area (Å²) in [6.07, 6.45) is 1.59. The summed E-state index contributed by atoms with van der Waals surface area (Å²) in [5.41, 5.74) is 1.18. The number of nitrogens with one attached hydrogen (secondary N) is 3. The highest BCUT2D eigenvalue weighted by Gasteiger charge is 2.18. The lowest BCUT2D eigenvalue weighted by Gasteiger charge is -2.22. The van der Waals surface area contributed by atoms with E-state index in [-0.39, 0.29) is 12.0 Å². The van der Waals surface area contributed by atoms with Crippen molar-refractivity contribution >= 4 is 22.9 Å². The summed E-state index contributed by atoms with van der Waals surface area (Å²) in [4.78, 5) is 15.9. The fourth-order valence-electron chi connectivity index (χ4n) is 1.58. The number of rotatable bonds is 6. The Morgan fingerprint density at radius 2 is 2.11 bits per heavy atom. The number of aliphatic hydroxyl groups is 1. The molecular formula is C12H20N6O. The van der Waals surface area contributed by atoms with Crippen molar-refractivity contribution in [2.75, 3.05) is 30.3 Å². The SMILES string of the molecule is CCNc1nc(NCC(C)(C)CO)c2[nH]cnc2n1. The molecule has 0 bridgehead atoms. The van der Waals surface area contributed by atoms with Crippen LogP contribution in [0.3, 0.4) is 0 Å². The monoisotopic (exact) mass is 264 g/mol. The van der Waals surface area contributed by atoms with Gasteiger partial charge in [-0.15, -0.1) is 0 Å². The smallest absolute Gasteiger partial charge is 0.226 e. The first-order valence-electron chi connectivity index (χ1n) is 6.35. The summed E-state index contributed by atoms with van der Waals surface area (Å²) in [7, 11) is 0. The number of hydrogen-bond donors (Lipinski definition) is 4. The summed E-state index contributed by atoms with van der Waals surface area (Å²) in [6.45, 7) is 7.42. The van der Waals surface area contributed by atoms with Gasteiger partial charge in [0.25, 0.3) is 0 Å². The molecule has 104 valence electrons. The average Bonchev–Trinajstić information content (AvgIpc) is 2.85. The summed E-state index contributed by atoms with van der Waals surface area (Å²) in [6, 6.07) is 0. The molecule has 0 aromatic carbocycles. The largest absolute Gasteiger partial charge is 0.396 e. The minimum absolute atomic E-state index is 0.108. The molecule has 0 aliphatic carbocycles. The van der Waals surface area contributed by atoms with Crippen molar-refractivity contribution in [1.29, 1.82) is 0 Å². The molecule has 2 aromatic rings. The molecule has 7 nitrogen and oxygen atoms in total. The van der Waals surface area contributed by atoms with E-state index in [2.05, 4.69) is 30.6 Å². The lowest BCUT2D eigenvalue weighted by atomic mass is 9.95. The van der Waals surface area contributed by atoms with Gasteiger partial charge in [-0.2, -0.15) is 9.97 Å². The van der Waals surface area contributed by atoms with E-state index in [4.69, 9.17) is 0 Å². The van der Waals surface area contributed by atoms with Crippen LogP contribution in [0.25, 0.3) is 11.2 Å². The molecule has 0 unspecified atom stereocenters. The van der Waals surface area contributed by atoms with E-state index < -0.39 is 0 Å². The topological polar surface area (TPSA) is 98.8 Å². The van der Waals surface area contributed by atoms with Gasteiger partial charge in [0.05, 0.1) is 6.33 Å². The van der Waals surface area contributed by atoms with E-state index in [0.29, 0.717) is 24.0 Å². The summed E-state index contributed by atoms with van der Waals surface area (Å²) in [5, 5.41) is 15.6. The molecule has 4 N–H and O–H groups in total. The van der Waals surface area contributed by atoms with Crippen LogP contribution in [0, 0.1) is 5.41 Å². The van der Waals surface area contributed by atoms with Crippen molar-refractivity contribution < 1.29 is 5.11 Å². The zero-order valence-electron chi connectivity index (χ0n) is 11.5. The molecule has 2 rings (SSSR count). The number of anilines is 2. The van der Waals surface area contributed by atoms with Gasteiger partial charge >= 0.3 is 0 Å². The van der Waals surface area contributed by atoms with Crippen LogP contribution in [0.4, 0.5) is 11.8 Å². The van der Waals surface area contributed by atoms with E-state index in [1.165, 1.54) is 0 Å². The van der Waals surface area contributed by atoms with E-state index in [0.717, 1.165) is 12.1 Å². The Balaban J connectivity index is 2.27. The molecule has 2 heterocycles. The number of imidazole rings is 1. The molecule has 0 atom stereocenters. The highest BCUT2D eigenvalue weighted by molar-refractivity contribution is 5.83. The second-order valence-corrected chi connectivity index (χ2v) is 5.20. The fraction of sp³-hybridized carbons (Fsp3) is 0.583. The molecule has 0 saturated heterocycles. The van der Waals surface area contributed by atoms with Gasteiger partial charge in [-0.3, -0.25) is 0 Å². The van der Waals surface area contributed by atoms with Gasteiger partial charge in [-0.05, 0) is 6.92 Å². The second-order valence-electron chi connectivity index (χ2n) is 5.20. The van der Waals surface area contributed by atoms with Gasteiger partial charge in [0, 0.05) is 25.1 Å². The van der Waals surface area contributed by atoms with Crippen LogP contribution in [0.15, 0.2) is 6.33 Å². The van der Waals surface area contributed by atoms with Crippen LogP contribution < -0.4 is 10.6 Å². The molecule has 0 spiro atoms. The maximum absolute atomic E-state index is 9.28.